The van der Waals surface area contributed by atoms with Crippen LogP contribution >= 0.6 is 0 Å². The fourth-order valence-electron chi connectivity index (χ4n) is 1.61. The minimum atomic E-state index is -0.547. The summed E-state index contributed by atoms with van der Waals surface area (Å²) in [5.74, 6) is 0.0494. The van der Waals surface area contributed by atoms with Gasteiger partial charge in [-0.25, -0.2) is 0 Å². The molecule has 0 saturated heterocycles. The third kappa shape index (κ3) is 3.89. The predicted molar refractivity (Wildman–Crippen MR) is 66.5 cm³/mol. The van der Waals surface area contributed by atoms with E-state index in [1.165, 1.54) is 4.90 Å². The Balaban J connectivity index is 2.83. The number of hydrogen-bond acceptors (Lipinski definition) is 4. The van der Waals surface area contributed by atoms with Gasteiger partial charge in [0.25, 0.3) is 5.91 Å². The van der Waals surface area contributed by atoms with Crippen molar-refractivity contribution in [3.63, 3.8) is 0 Å². The molecule has 0 aliphatic rings. The van der Waals surface area contributed by atoms with Crippen LogP contribution in [0.3, 0.4) is 0 Å². The SMILES string of the molecule is CC(C)CN(CC(N)=O)C(=O)c1ccc(CN)o1. The molecule has 0 unspecified atom stereocenters. The lowest BCUT2D eigenvalue weighted by Gasteiger charge is -2.21. The van der Waals surface area contributed by atoms with E-state index in [1.54, 1.807) is 12.1 Å². The highest BCUT2D eigenvalue weighted by Crippen LogP contribution is 2.11. The van der Waals surface area contributed by atoms with Crippen LogP contribution in [-0.2, 0) is 11.3 Å². The summed E-state index contributed by atoms with van der Waals surface area (Å²) in [5.41, 5.74) is 10.5. The molecule has 1 aromatic rings. The number of hydrogen-bond donors (Lipinski definition) is 2. The molecular weight excluding hydrogens is 234 g/mol. The van der Waals surface area contributed by atoms with E-state index in [-0.39, 0.29) is 30.7 Å². The molecule has 6 heteroatoms. The maximum Gasteiger partial charge on any atom is 0.290 e. The van der Waals surface area contributed by atoms with E-state index in [0.29, 0.717) is 12.3 Å². The second-order valence-corrected chi connectivity index (χ2v) is 4.52. The third-order valence-electron chi connectivity index (χ3n) is 2.29. The van der Waals surface area contributed by atoms with E-state index >= 15 is 0 Å². The molecule has 6 nitrogen and oxygen atoms in total. The van der Waals surface area contributed by atoms with Gasteiger partial charge in [0.2, 0.25) is 5.91 Å². The first-order valence-corrected chi connectivity index (χ1v) is 5.80. The molecule has 1 rings (SSSR count). The van der Waals surface area contributed by atoms with Crippen LogP contribution in [0.2, 0.25) is 0 Å². The summed E-state index contributed by atoms with van der Waals surface area (Å²) < 4.78 is 5.27. The quantitative estimate of drug-likeness (QED) is 0.762. The van der Waals surface area contributed by atoms with Crippen molar-refractivity contribution in [2.45, 2.75) is 20.4 Å². The topological polar surface area (TPSA) is 103 Å². The molecular formula is C12H19N3O3. The van der Waals surface area contributed by atoms with Crippen molar-refractivity contribution in [1.29, 1.82) is 0 Å². The lowest BCUT2D eigenvalue weighted by Crippen LogP contribution is -2.40. The lowest BCUT2D eigenvalue weighted by molar-refractivity contribution is -0.118. The lowest BCUT2D eigenvalue weighted by atomic mass is 10.2. The molecule has 2 amide bonds. The van der Waals surface area contributed by atoms with Crippen LogP contribution < -0.4 is 11.5 Å². The van der Waals surface area contributed by atoms with E-state index in [2.05, 4.69) is 0 Å². The molecule has 18 heavy (non-hydrogen) atoms. The summed E-state index contributed by atoms with van der Waals surface area (Å²) in [5, 5.41) is 0. The zero-order chi connectivity index (χ0) is 13.7. The van der Waals surface area contributed by atoms with Gasteiger partial charge in [-0.15, -0.1) is 0 Å². The fourth-order valence-corrected chi connectivity index (χ4v) is 1.61. The van der Waals surface area contributed by atoms with E-state index in [1.807, 2.05) is 13.8 Å². The van der Waals surface area contributed by atoms with E-state index in [4.69, 9.17) is 15.9 Å². The van der Waals surface area contributed by atoms with Crippen LogP contribution in [0.15, 0.2) is 16.5 Å². The zero-order valence-corrected chi connectivity index (χ0v) is 10.7. The van der Waals surface area contributed by atoms with Gasteiger partial charge in [0.05, 0.1) is 13.1 Å². The number of amides is 2. The average Bonchev–Trinajstić information content (AvgIpc) is 2.74. The number of carbonyl (C=O) groups excluding carboxylic acids is 2. The summed E-state index contributed by atoms with van der Waals surface area (Å²) in [4.78, 5) is 24.5. The van der Waals surface area contributed by atoms with Crippen molar-refractivity contribution < 1.29 is 14.0 Å². The molecule has 0 atom stereocenters. The van der Waals surface area contributed by atoms with Crippen LogP contribution in [0.25, 0.3) is 0 Å². The highest BCUT2D eigenvalue weighted by atomic mass is 16.4. The van der Waals surface area contributed by atoms with Gasteiger partial charge in [-0.3, -0.25) is 9.59 Å². The van der Waals surface area contributed by atoms with E-state index in [0.717, 1.165) is 0 Å². The number of nitrogens with zero attached hydrogens (tertiary/aromatic N) is 1. The Bertz CT molecular complexity index is 426. The Kier molecular flexibility index (Phi) is 4.91. The second kappa shape index (κ2) is 6.20. The van der Waals surface area contributed by atoms with Gasteiger partial charge in [-0.2, -0.15) is 0 Å². The van der Waals surface area contributed by atoms with Gasteiger partial charge in [-0.1, -0.05) is 13.8 Å². The minimum absolute atomic E-state index is 0.115. The highest BCUT2D eigenvalue weighted by molar-refractivity contribution is 5.94. The number of rotatable bonds is 6. The minimum Gasteiger partial charge on any atom is -0.455 e. The highest BCUT2D eigenvalue weighted by Gasteiger charge is 2.21. The molecule has 0 radical (unpaired) electrons. The Morgan fingerprint density at radius 1 is 1.39 bits per heavy atom. The fraction of sp³-hybridized carbons (Fsp3) is 0.500. The van der Waals surface area contributed by atoms with E-state index < -0.39 is 5.91 Å². The maximum absolute atomic E-state index is 12.1. The molecule has 0 spiro atoms. The summed E-state index contributed by atoms with van der Waals surface area (Å²) in [6.45, 7) is 4.47. The standard InChI is InChI=1S/C12H19N3O3/c1-8(2)6-15(7-11(14)16)12(17)10-4-3-9(5-13)18-10/h3-4,8H,5-7,13H2,1-2H3,(H2,14,16). The molecule has 4 N–H and O–H groups in total. The van der Waals surface area contributed by atoms with Crippen molar-refractivity contribution in [1.82, 2.24) is 4.90 Å². The molecule has 1 heterocycles. The zero-order valence-electron chi connectivity index (χ0n) is 10.7. The number of primary amides is 1. The van der Waals surface area contributed by atoms with E-state index in [9.17, 15) is 9.59 Å². The van der Waals surface area contributed by atoms with Crippen LogP contribution in [-0.4, -0.2) is 29.8 Å². The maximum atomic E-state index is 12.1. The summed E-state index contributed by atoms with van der Waals surface area (Å²) in [7, 11) is 0. The first kappa shape index (κ1) is 14.2. The number of furan rings is 1. The Morgan fingerprint density at radius 3 is 2.50 bits per heavy atom. The Morgan fingerprint density at radius 2 is 2.06 bits per heavy atom. The number of nitrogens with two attached hydrogens (primary N) is 2. The monoisotopic (exact) mass is 253 g/mol. The van der Waals surface area contributed by atoms with Gasteiger partial charge in [-0.05, 0) is 18.1 Å². The van der Waals surface area contributed by atoms with Gasteiger partial charge in [0.15, 0.2) is 5.76 Å². The normalized spacial score (nSPS) is 10.7. The Labute approximate surface area is 106 Å². The first-order valence-electron chi connectivity index (χ1n) is 5.80. The molecule has 100 valence electrons. The molecule has 0 aliphatic heterocycles. The van der Waals surface area contributed by atoms with Gasteiger partial charge < -0.3 is 20.8 Å². The largest absolute Gasteiger partial charge is 0.455 e. The molecule has 1 aromatic heterocycles. The molecule has 0 aliphatic carbocycles. The third-order valence-corrected chi connectivity index (χ3v) is 2.29. The molecule has 0 saturated carbocycles. The van der Waals surface area contributed by atoms with Crippen LogP contribution in [0.4, 0.5) is 0 Å². The second-order valence-electron chi connectivity index (χ2n) is 4.52. The van der Waals surface area contributed by atoms with Crippen molar-refractivity contribution >= 4 is 11.8 Å². The van der Waals surface area contributed by atoms with Crippen molar-refractivity contribution in [2.24, 2.45) is 17.4 Å². The van der Waals surface area contributed by atoms with Crippen molar-refractivity contribution in [3.05, 3.63) is 23.7 Å². The van der Waals surface area contributed by atoms with Gasteiger partial charge >= 0.3 is 0 Å². The van der Waals surface area contributed by atoms with Crippen molar-refractivity contribution in [2.75, 3.05) is 13.1 Å². The van der Waals surface area contributed by atoms with Crippen LogP contribution in [0.1, 0.15) is 30.2 Å². The molecule has 0 aromatic carbocycles. The van der Waals surface area contributed by atoms with Gasteiger partial charge in [0.1, 0.15) is 5.76 Å². The van der Waals surface area contributed by atoms with Crippen LogP contribution in [0, 0.1) is 5.92 Å². The molecule has 0 fully saturated rings. The Hall–Kier alpha value is -1.82. The summed E-state index contributed by atoms with van der Waals surface area (Å²) in [6, 6.07) is 3.20. The first-order chi connectivity index (χ1) is 8.43. The summed E-state index contributed by atoms with van der Waals surface area (Å²) >= 11 is 0. The average molecular weight is 253 g/mol. The number of carbonyl (C=O) groups is 2. The molecule has 0 bridgehead atoms. The van der Waals surface area contributed by atoms with Gasteiger partial charge in [0, 0.05) is 6.54 Å². The summed E-state index contributed by atoms with van der Waals surface area (Å²) in [6.07, 6.45) is 0. The predicted octanol–water partition coefficient (Wildman–Crippen LogP) is 0.322. The van der Waals surface area contributed by atoms with Crippen LogP contribution in [0.5, 0.6) is 0 Å². The van der Waals surface area contributed by atoms with Crippen molar-refractivity contribution in [3.8, 4) is 0 Å². The smallest absolute Gasteiger partial charge is 0.290 e.